The van der Waals surface area contributed by atoms with E-state index in [0.29, 0.717) is 5.76 Å². The second kappa shape index (κ2) is 6.67. The maximum Gasteiger partial charge on any atom is 0.338 e. The third-order valence-electron chi connectivity index (χ3n) is 3.97. The number of nitrogens with two attached hydrogens (primary N) is 1. The topological polar surface area (TPSA) is 106 Å². The highest BCUT2D eigenvalue weighted by Crippen LogP contribution is 2.42. The molecular formula is C18H20N2O4. The standard InChI is InChI=1S/C18H20N2O4/c1-5-23-18(22)15-11(4)24-17(20)13(8-19)16(15)14-9(2)6-12(21)7-10(14)3/h6-7,16,21H,5,20H2,1-4H3. The van der Waals surface area contributed by atoms with E-state index in [2.05, 4.69) is 0 Å². The number of benzene rings is 1. The van der Waals surface area contributed by atoms with Crippen molar-refractivity contribution in [2.45, 2.75) is 33.6 Å². The Morgan fingerprint density at radius 1 is 1.38 bits per heavy atom. The van der Waals surface area contributed by atoms with Gasteiger partial charge in [0, 0.05) is 0 Å². The molecule has 0 saturated heterocycles. The van der Waals surface area contributed by atoms with E-state index in [0.717, 1.165) is 16.7 Å². The van der Waals surface area contributed by atoms with Gasteiger partial charge in [0.1, 0.15) is 23.2 Å². The molecule has 1 heterocycles. The van der Waals surface area contributed by atoms with Crippen LogP contribution in [0.4, 0.5) is 0 Å². The average Bonchev–Trinajstić information content (AvgIpc) is 2.46. The van der Waals surface area contributed by atoms with Crippen molar-refractivity contribution in [2.75, 3.05) is 6.61 Å². The SMILES string of the molecule is CCOC(=O)C1=C(C)OC(N)=C(C#N)C1c1c(C)cc(O)cc1C. The van der Waals surface area contributed by atoms with Crippen molar-refractivity contribution in [2.24, 2.45) is 5.73 Å². The van der Waals surface area contributed by atoms with Crippen LogP contribution in [0.3, 0.4) is 0 Å². The maximum atomic E-state index is 12.5. The van der Waals surface area contributed by atoms with E-state index in [1.807, 2.05) is 6.07 Å². The predicted octanol–water partition coefficient (Wildman–Crippen LogP) is 2.65. The number of phenolic OH excluding ortho intramolecular Hbond substituents is 1. The van der Waals surface area contributed by atoms with Gasteiger partial charge in [-0.15, -0.1) is 0 Å². The Morgan fingerprint density at radius 2 is 1.96 bits per heavy atom. The molecule has 1 aromatic rings. The van der Waals surface area contributed by atoms with Crippen LogP contribution < -0.4 is 5.73 Å². The summed E-state index contributed by atoms with van der Waals surface area (Å²) in [6.07, 6.45) is 0. The first-order valence-corrected chi connectivity index (χ1v) is 7.57. The molecule has 3 N–H and O–H groups in total. The number of nitriles is 1. The second-order valence-electron chi connectivity index (χ2n) is 5.61. The normalized spacial score (nSPS) is 17.4. The largest absolute Gasteiger partial charge is 0.508 e. The number of hydrogen-bond acceptors (Lipinski definition) is 6. The zero-order valence-electron chi connectivity index (χ0n) is 14.1. The van der Waals surface area contributed by atoms with E-state index in [4.69, 9.17) is 15.2 Å². The number of carbonyl (C=O) groups excluding carboxylic acids is 1. The molecule has 1 atom stereocenters. The monoisotopic (exact) mass is 328 g/mol. The summed E-state index contributed by atoms with van der Waals surface area (Å²) in [5, 5.41) is 19.3. The highest BCUT2D eigenvalue weighted by Gasteiger charge is 2.37. The van der Waals surface area contributed by atoms with Gasteiger partial charge in [0.05, 0.1) is 18.1 Å². The molecule has 24 heavy (non-hydrogen) atoms. The lowest BCUT2D eigenvalue weighted by Crippen LogP contribution is -2.26. The summed E-state index contributed by atoms with van der Waals surface area (Å²) in [5.74, 6) is -0.841. The van der Waals surface area contributed by atoms with Gasteiger partial charge in [-0.25, -0.2) is 4.79 Å². The fourth-order valence-electron chi connectivity index (χ4n) is 3.05. The molecule has 0 amide bonds. The van der Waals surface area contributed by atoms with Crippen molar-refractivity contribution in [1.82, 2.24) is 0 Å². The lowest BCUT2D eigenvalue weighted by atomic mass is 9.79. The van der Waals surface area contributed by atoms with Gasteiger partial charge in [0.25, 0.3) is 0 Å². The first-order valence-electron chi connectivity index (χ1n) is 7.57. The van der Waals surface area contributed by atoms with Gasteiger partial charge in [0.2, 0.25) is 5.88 Å². The summed E-state index contributed by atoms with van der Waals surface area (Å²) in [4.78, 5) is 12.5. The molecule has 1 unspecified atom stereocenters. The number of allylic oxidation sites excluding steroid dienone is 2. The highest BCUT2D eigenvalue weighted by molar-refractivity contribution is 5.92. The number of nitrogens with zero attached hydrogens (tertiary/aromatic N) is 1. The average molecular weight is 328 g/mol. The fourth-order valence-corrected chi connectivity index (χ4v) is 3.05. The van der Waals surface area contributed by atoms with Gasteiger partial charge in [-0.1, -0.05) is 0 Å². The Balaban J connectivity index is 2.75. The number of ether oxygens (including phenoxy) is 2. The molecule has 0 aliphatic carbocycles. The summed E-state index contributed by atoms with van der Waals surface area (Å²) in [6.45, 7) is 7.14. The number of phenols is 1. The minimum absolute atomic E-state index is 0.0278. The summed E-state index contributed by atoms with van der Waals surface area (Å²) in [6, 6.07) is 5.21. The second-order valence-corrected chi connectivity index (χ2v) is 5.61. The van der Waals surface area contributed by atoms with Crippen LogP contribution in [0.15, 0.2) is 34.9 Å². The van der Waals surface area contributed by atoms with Crippen molar-refractivity contribution in [1.29, 1.82) is 5.26 Å². The molecule has 0 saturated carbocycles. The Labute approximate surface area is 140 Å². The number of aryl methyl sites for hydroxylation is 2. The minimum Gasteiger partial charge on any atom is -0.508 e. The highest BCUT2D eigenvalue weighted by atomic mass is 16.5. The maximum absolute atomic E-state index is 12.5. The molecule has 0 radical (unpaired) electrons. The molecule has 1 aliphatic rings. The van der Waals surface area contributed by atoms with Crippen LogP contribution in [0, 0.1) is 25.2 Å². The van der Waals surface area contributed by atoms with Gasteiger partial charge in [-0.2, -0.15) is 5.26 Å². The van der Waals surface area contributed by atoms with Crippen molar-refractivity contribution in [3.8, 4) is 11.8 Å². The molecule has 0 aromatic heterocycles. The van der Waals surface area contributed by atoms with Crippen molar-refractivity contribution < 1.29 is 19.4 Å². The van der Waals surface area contributed by atoms with Crippen LogP contribution in [-0.2, 0) is 14.3 Å². The molecule has 1 aromatic carbocycles. The van der Waals surface area contributed by atoms with Crippen LogP contribution in [-0.4, -0.2) is 17.7 Å². The summed E-state index contributed by atoms with van der Waals surface area (Å²) < 4.78 is 10.5. The summed E-state index contributed by atoms with van der Waals surface area (Å²) in [5.41, 5.74) is 8.50. The third kappa shape index (κ3) is 2.93. The number of aromatic hydroxyl groups is 1. The number of hydrogen-bond donors (Lipinski definition) is 2. The van der Waals surface area contributed by atoms with Gasteiger partial charge < -0.3 is 20.3 Å². The van der Waals surface area contributed by atoms with E-state index in [1.54, 1.807) is 39.8 Å². The van der Waals surface area contributed by atoms with Crippen molar-refractivity contribution >= 4 is 5.97 Å². The lowest BCUT2D eigenvalue weighted by molar-refractivity contribution is -0.139. The van der Waals surface area contributed by atoms with Crippen molar-refractivity contribution in [3.63, 3.8) is 0 Å². The van der Waals surface area contributed by atoms with Crippen LogP contribution >= 0.6 is 0 Å². The molecule has 6 nitrogen and oxygen atoms in total. The predicted molar refractivity (Wildman–Crippen MR) is 87.6 cm³/mol. The Hall–Kier alpha value is -2.94. The van der Waals surface area contributed by atoms with E-state index < -0.39 is 11.9 Å². The molecular weight excluding hydrogens is 308 g/mol. The number of carbonyl (C=O) groups is 1. The Bertz CT molecular complexity index is 777. The van der Waals surface area contributed by atoms with E-state index >= 15 is 0 Å². The number of rotatable bonds is 3. The third-order valence-corrected chi connectivity index (χ3v) is 3.97. The molecule has 6 heteroatoms. The number of esters is 1. The van der Waals surface area contributed by atoms with Gasteiger partial charge in [-0.05, 0) is 56.5 Å². The van der Waals surface area contributed by atoms with Gasteiger partial charge in [-0.3, -0.25) is 0 Å². The zero-order chi connectivity index (χ0) is 18.0. The lowest BCUT2D eigenvalue weighted by Gasteiger charge is -2.29. The molecule has 0 bridgehead atoms. The quantitative estimate of drug-likeness (QED) is 0.826. The van der Waals surface area contributed by atoms with Crippen LogP contribution in [0.5, 0.6) is 5.75 Å². The van der Waals surface area contributed by atoms with Crippen LogP contribution in [0.25, 0.3) is 0 Å². The Morgan fingerprint density at radius 3 is 2.46 bits per heavy atom. The van der Waals surface area contributed by atoms with E-state index in [1.165, 1.54) is 0 Å². The van der Waals surface area contributed by atoms with E-state index in [-0.39, 0.29) is 29.4 Å². The summed E-state index contributed by atoms with van der Waals surface area (Å²) in [7, 11) is 0. The molecule has 0 spiro atoms. The minimum atomic E-state index is -0.691. The smallest absolute Gasteiger partial charge is 0.338 e. The van der Waals surface area contributed by atoms with E-state index in [9.17, 15) is 15.2 Å². The zero-order valence-corrected chi connectivity index (χ0v) is 14.1. The van der Waals surface area contributed by atoms with Crippen LogP contribution in [0.2, 0.25) is 0 Å². The van der Waals surface area contributed by atoms with Gasteiger partial charge >= 0.3 is 5.97 Å². The molecule has 0 fully saturated rings. The van der Waals surface area contributed by atoms with Crippen LogP contribution in [0.1, 0.15) is 36.5 Å². The van der Waals surface area contributed by atoms with Crippen molar-refractivity contribution in [3.05, 3.63) is 51.6 Å². The Kier molecular flexibility index (Phi) is 4.84. The first kappa shape index (κ1) is 17.4. The fraction of sp³-hybridized carbons (Fsp3) is 0.333. The molecule has 2 rings (SSSR count). The molecule has 126 valence electrons. The first-order chi connectivity index (χ1) is 11.3. The molecule has 1 aliphatic heterocycles. The van der Waals surface area contributed by atoms with Gasteiger partial charge in [0.15, 0.2) is 0 Å². The summed E-state index contributed by atoms with van der Waals surface area (Å²) >= 11 is 0.